The third-order valence-corrected chi connectivity index (χ3v) is 3.49. The number of hydrogen-bond donors (Lipinski definition) is 1. The molecule has 0 spiro atoms. The van der Waals surface area contributed by atoms with Crippen molar-refractivity contribution in [3.63, 3.8) is 0 Å². The van der Waals surface area contributed by atoms with Gasteiger partial charge in [-0.05, 0) is 53.1 Å². The maximum atomic E-state index is 5.15. The zero-order valence-electron chi connectivity index (χ0n) is 10.1. The molecule has 0 bridgehead atoms. The summed E-state index contributed by atoms with van der Waals surface area (Å²) in [7, 11) is 1.68. The Bertz CT molecular complexity index is 436. The van der Waals surface area contributed by atoms with Crippen LogP contribution >= 0.6 is 11.3 Å². The molecule has 0 radical (unpaired) electrons. The average Bonchev–Trinajstić information content (AvgIpc) is 2.90. The molecule has 0 fully saturated rings. The van der Waals surface area contributed by atoms with Crippen molar-refractivity contribution in [3.8, 4) is 5.75 Å². The Morgan fingerprint density at radius 3 is 2.53 bits per heavy atom. The van der Waals surface area contributed by atoms with E-state index < -0.39 is 0 Å². The maximum absolute atomic E-state index is 5.15. The van der Waals surface area contributed by atoms with Crippen molar-refractivity contribution in [2.24, 2.45) is 0 Å². The Labute approximate surface area is 106 Å². The molecule has 0 saturated heterocycles. The summed E-state index contributed by atoms with van der Waals surface area (Å²) in [6, 6.07) is 10.6. The van der Waals surface area contributed by atoms with Crippen LogP contribution in [0.1, 0.15) is 24.9 Å². The molecule has 3 heteroatoms. The van der Waals surface area contributed by atoms with Crippen LogP contribution in [-0.4, -0.2) is 7.11 Å². The van der Waals surface area contributed by atoms with Crippen molar-refractivity contribution in [1.29, 1.82) is 0 Å². The van der Waals surface area contributed by atoms with Crippen LogP contribution in [0, 0.1) is 0 Å². The Balaban J connectivity index is 2.07. The van der Waals surface area contributed by atoms with E-state index in [2.05, 4.69) is 29.1 Å². The summed E-state index contributed by atoms with van der Waals surface area (Å²) in [6.45, 7) is 2.19. The largest absolute Gasteiger partial charge is 0.497 e. The van der Waals surface area contributed by atoms with Crippen LogP contribution in [-0.2, 0) is 0 Å². The molecule has 0 aliphatic carbocycles. The van der Waals surface area contributed by atoms with E-state index in [1.54, 1.807) is 18.4 Å². The van der Waals surface area contributed by atoms with Crippen LogP contribution in [0.5, 0.6) is 5.75 Å². The molecule has 1 heterocycles. The van der Waals surface area contributed by atoms with Crippen LogP contribution in [0.3, 0.4) is 0 Å². The molecule has 1 aromatic heterocycles. The molecule has 1 unspecified atom stereocenters. The Kier molecular flexibility index (Phi) is 4.04. The predicted octanol–water partition coefficient (Wildman–Crippen LogP) is 4.32. The van der Waals surface area contributed by atoms with Gasteiger partial charge in [0.15, 0.2) is 0 Å². The highest BCUT2D eigenvalue weighted by atomic mass is 32.1. The first kappa shape index (κ1) is 12.0. The van der Waals surface area contributed by atoms with E-state index in [-0.39, 0.29) is 0 Å². The first-order chi connectivity index (χ1) is 8.33. The second-order valence-electron chi connectivity index (χ2n) is 3.89. The SMILES string of the molecule is CCC(Nc1ccc(OC)cc1)c1ccsc1. The number of nitrogens with one attached hydrogen (secondary N) is 1. The van der Waals surface area contributed by atoms with Crippen LogP contribution in [0.2, 0.25) is 0 Å². The Hall–Kier alpha value is -1.48. The van der Waals surface area contributed by atoms with E-state index in [1.165, 1.54) is 5.56 Å². The van der Waals surface area contributed by atoms with E-state index in [9.17, 15) is 0 Å². The van der Waals surface area contributed by atoms with Gasteiger partial charge in [-0.25, -0.2) is 0 Å². The lowest BCUT2D eigenvalue weighted by Crippen LogP contribution is -2.08. The van der Waals surface area contributed by atoms with Gasteiger partial charge >= 0.3 is 0 Å². The quantitative estimate of drug-likeness (QED) is 0.849. The van der Waals surface area contributed by atoms with Gasteiger partial charge in [0.05, 0.1) is 13.2 Å². The van der Waals surface area contributed by atoms with E-state index in [1.807, 2.05) is 24.3 Å². The molecule has 0 aliphatic rings. The topological polar surface area (TPSA) is 21.3 Å². The highest BCUT2D eigenvalue weighted by molar-refractivity contribution is 7.07. The zero-order valence-corrected chi connectivity index (χ0v) is 11.0. The third-order valence-electron chi connectivity index (χ3n) is 2.78. The van der Waals surface area contributed by atoms with Crippen molar-refractivity contribution < 1.29 is 4.74 Å². The van der Waals surface area contributed by atoms with Crippen molar-refractivity contribution in [2.75, 3.05) is 12.4 Å². The number of benzene rings is 1. The summed E-state index contributed by atoms with van der Waals surface area (Å²) in [6.07, 6.45) is 1.07. The van der Waals surface area contributed by atoms with Gasteiger partial charge in [0.1, 0.15) is 5.75 Å². The van der Waals surface area contributed by atoms with Gasteiger partial charge < -0.3 is 10.1 Å². The minimum absolute atomic E-state index is 0.384. The summed E-state index contributed by atoms with van der Waals surface area (Å²) >= 11 is 1.74. The molecule has 1 atom stereocenters. The summed E-state index contributed by atoms with van der Waals surface area (Å²) in [5.41, 5.74) is 2.48. The van der Waals surface area contributed by atoms with Crippen molar-refractivity contribution in [3.05, 3.63) is 46.7 Å². The number of methoxy groups -OCH3 is 1. The smallest absolute Gasteiger partial charge is 0.119 e. The first-order valence-electron chi connectivity index (χ1n) is 5.76. The van der Waals surface area contributed by atoms with Crippen LogP contribution < -0.4 is 10.1 Å². The number of rotatable bonds is 5. The Morgan fingerprint density at radius 1 is 1.24 bits per heavy atom. The molecule has 17 heavy (non-hydrogen) atoms. The van der Waals surface area contributed by atoms with Crippen LogP contribution in [0.15, 0.2) is 41.1 Å². The van der Waals surface area contributed by atoms with Crippen molar-refractivity contribution in [1.82, 2.24) is 0 Å². The molecule has 0 aliphatic heterocycles. The molecule has 2 rings (SSSR count). The van der Waals surface area contributed by atoms with Gasteiger partial charge in [-0.2, -0.15) is 11.3 Å². The van der Waals surface area contributed by atoms with Crippen LogP contribution in [0.4, 0.5) is 5.69 Å². The van der Waals surface area contributed by atoms with Gasteiger partial charge in [-0.3, -0.25) is 0 Å². The van der Waals surface area contributed by atoms with Gasteiger partial charge in [0.25, 0.3) is 0 Å². The number of ether oxygens (including phenoxy) is 1. The highest BCUT2D eigenvalue weighted by Crippen LogP contribution is 2.25. The van der Waals surface area contributed by atoms with E-state index in [4.69, 9.17) is 4.74 Å². The molecule has 0 saturated carbocycles. The number of anilines is 1. The zero-order chi connectivity index (χ0) is 12.1. The first-order valence-corrected chi connectivity index (χ1v) is 6.70. The normalized spacial score (nSPS) is 12.1. The van der Waals surface area contributed by atoms with E-state index in [0.717, 1.165) is 17.9 Å². The molecular weight excluding hydrogens is 230 g/mol. The molecule has 2 nitrogen and oxygen atoms in total. The highest BCUT2D eigenvalue weighted by Gasteiger charge is 2.09. The molecule has 1 N–H and O–H groups in total. The molecular formula is C14H17NOS. The monoisotopic (exact) mass is 247 g/mol. The lowest BCUT2D eigenvalue weighted by Gasteiger charge is -2.17. The lowest BCUT2D eigenvalue weighted by molar-refractivity contribution is 0.415. The predicted molar refractivity (Wildman–Crippen MR) is 74.0 cm³/mol. The third kappa shape index (κ3) is 3.01. The van der Waals surface area contributed by atoms with Gasteiger partial charge in [0.2, 0.25) is 0 Å². The van der Waals surface area contributed by atoms with Crippen LogP contribution in [0.25, 0.3) is 0 Å². The minimum atomic E-state index is 0.384. The fourth-order valence-electron chi connectivity index (χ4n) is 1.78. The second kappa shape index (κ2) is 5.73. The average molecular weight is 247 g/mol. The summed E-state index contributed by atoms with van der Waals surface area (Å²) in [4.78, 5) is 0. The maximum Gasteiger partial charge on any atom is 0.119 e. The summed E-state index contributed by atoms with van der Waals surface area (Å²) in [5.74, 6) is 0.888. The number of hydrogen-bond acceptors (Lipinski definition) is 3. The second-order valence-corrected chi connectivity index (χ2v) is 4.67. The minimum Gasteiger partial charge on any atom is -0.497 e. The summed E-state index contributed by atoms with van der Waals surface area (Å²) < 4.78 is 5.15. The van der Waals surface area contributed by atoms with Gasteiger partial charge in [0, 0.05) is 5.69 Å². The van der Waals surface area contributed by atoms with E-state index >= 15 is 0 Å². The molecule has 1 aromatic carbocycles. The number of thiophene rings is 1. The lowest BCUT2D eigenvalue weighted by atomic mass is 10.1. The van der Waals surface area contributed by atoms with Crippen molar-refractivity contribution in [2.45, 2.75) is 19.4 Å². The molecule has 0 amide bonds. The summed E-state index contributed by atoms with van der Waals surface area (Å²) in [5, 5.41) is 7.85. The fourth-order valence-corrected chi connectivity index (χ4v) is 2.50. The van der Waals surface area contributed by atoms with Gasteiger partial charge in [-0.1, -0.05) is 6.92 Å². The van der Waals surface area contributed by atoms with Crippen molar-refractivity contribution >= 4 is 17.0 Å². The van der Waals surface area contributed by atoms with E-state index in [0.29, 0.717) is 6.04 Å². The fraction of sp³-hybridized carbons (Fsp3) is 0.286. The molecule has 90 valence electrons. The molecule has 2 aromatic rings. The standard InChI is InChI=1S/C14H17NOS/c1-3-14(11-8-9-17-10-11)15-12-4-6-13(16-2)7-5-12/h4-10,14-15H,3H2,1-2H3. The Morgan fingerprint density at radius 2 is 2.00 bits per heavy atom. The van der Waals surface area contributed by atoms with Gasteiger partial charge in [-0.15, -0.1) is 0 Å².